The number of aryl methyl sites for hydroxylation is 1. The lowest BCUT2D eigenvalue weighted by atomic mass is 9.99. The second-order valence-electron chi connectivity index (χ2n) is 8.81. The number of fused-ring (bicyclic) bond motifs is 1. The third-order valence-electron chi connectivity index (χ3n) is 5.61. The van der Waals surface area contributed by atoms with Gasteiger partial charge in [-0.2, -0.15) is 4.98 Å². The molecule has 4 N–H and O–H groups in total. The zero-order chi connectivity index (χ0) is 22.2. The highest BCUT2D eigenvalue weighted by molar-refractivity contribution is 5.85. The Morgan fingerprint density at radius 2 is 2.00 bits per heavy atom. The summed E-state index contributed by atoms with van der Waals surface area (Å²) in [7, 11) is 0. The summed E-state index contributed by atoms with van der Waals surface area (Å²) in [6.45, 7) is 3.49. The predicted molar refractivity (Wildman–Crippen MR) is 116 cm³/mol. The molecule has 0 unspecified atom stereocenters. The second-order valence-corrected chi connectivity index (χ2v) is 8.81. The molecule has 0 bridgehead atoms. The van der Waals surface area contributed by atoms with Crippen LogP contribution in [0, 0.1) is 17.7 Å². The van der Waals surface area contributed by atoms with E-state index in [4.69, 9.17) is 5.73 Å². The van der Waals surface area contributed by atoms with E-state index in [1.54, 1.807) is 36.9 Å². The van der Waals surface area contributed by atoms with Crippen LogP contribution in [0.1, 0.15) is 57.2 Å². The second kappa shape index (κ2) is 7.91. The Bertz CT molecular complexity index is 1180. The summed E-state index contributed by atoms with van der Waals surface area (Å²) in [5, 5.41) is 21.5. The SMILES string of the molecule is CC(C)(O)CCc1cn(-c2nc(N)ncc2F)c2cc(C#CC3(O)CCCC3)ncc12. The lowest BCUT2D eigenvalue weighted by Gasteiger charge is -2.16. The molecular weight excluding hydrogens is 397 g/mol. The third kappa shape index (κ3) is 4.68. The monoisotopic (exact) mass is 423 g/mol. The van der Waals surface area contributed by atoms with Gasteiger partial charge >= 0.3 is 0 Å². The first-order valence-corrected chi connectivity index (χ1v) is 10.4. The van der Waals surface area contributed by atoms with Crippen LogP contribution in [0.15, 0.2) is 24.7 Å². The highest BCUT2D eigenvalue weighted by atomic mass is 19.1. The lowest BCUT2D eigenvalue weighted by Crippen LogP contribution is -2.20. The van der Waals surface area contributed by atoms with Gasteiger partial charge in [0.25, 0.3) is 0 Å². The zero-order valence-electron chi connectivity index (χ0n) is 17.7. The number of halogens is 1. The first-order valence-electron chi connectivity index (χ1n) is 10.4. The van der Waals surface area contributed by atoms with Crippen molar-refractivity contribution < 1.29 is 14.6 Å². The summed E-state index contributed by atoms with van der Waals surface area (Å²) < 4.78 is 16.2. The number of pyridine rings is 1. The topological polar surface area (TPSA) is 110 Å². The highest BCUT2D eigenvalue weighted by Crippen LogP contribution is 2.30. The molecule has 162 valence electrons. The van der Waals surface area contributed by atoms with Crippen LogP contribution in [-0.2, 0) is 6.42 Å². The summed E-state index contributed by atoms with van der Waals surface area (Å²) in [6.07, 6.45) is 8.84. The standard InChI is InChI=1S/C23H26FN5O2/c1-22(2,30)9-5-15-14-29(20-18(24)13-27-21(25)28-20)19-11-16(26-12-17(15)19)6-10-23(31)7-3-4-8-23/h11-14,30-31H,3-5,7-9H2,1-2H3,(H2,25,27,28). The molecule has 3 aromatic rings. The molecule has 0 atom stereocenters. The molecule has 3 aromatic heterocycles. The van der Waals surface area contributed by atoms with Crippen molar-refractivity contribution in [1.82, 2.24) is 19.5 Å². The van der Waals surface area contributed by atoms with E-state index >= 15 is 0 Å². The van der Waals surface area contributed by atoms with E-state index in [9.17, 15) is 14.6 Å². The number of aliphatic hydroxyl groups is 2. The van der Waals surface area contributed by atoms with E-state index in [0.717, 1.165) is 30.0 Å². The van der Waals surface area contributed by atoms with Crippen molar-refractivity contribution in [2.24, 2.45) is 0 Å². The number of anilines is 1. The summed E-state index contributed by atoms with van der Waals surface area (Å²) in [5.74, 6) is 5.32. The van der Waals surface area contributed by atoms with Crippen LogP contribution in [0.25, 0.3) is 16.7 Å². The number of nitrogens with zero attached hydrogens (tertiary/aromatic N) is 4. The quantitative estimate of drug-likeness (QED) is 0.557. The molecule has 0 amide bonds. The van der Waals surface area contributed by atoms with Crippen molar-refractivity contribution in [2.45, 2.75) is 63.6 Å². The minimum atomic E-state index is -0.969. The van der Waals surface area contributed by atoms with Gasteiger partial charge in [-0.15, -0.1) is 0 Å². The Balaban J connectivity index is 1.82. The Morgan fingerprint density at radius 3 is 2.71 bits per heavy atom. The average molecular weight is 423 g/mol. The molecular formula is C23H26FN5O2. The van der Waals surface area contributed by atoms with Gasteiger partial charge < -0.3 is 15.9 Å². The third-order valence-corrected chi connectivity index (χ3v) is 5.61. The summed E-state index contributed by atoms with van der Waals surface area (Å²) >= 11 is 0. The van der Waals surface area contributed by atoms with E-state index in [1.807, 2.05) is 0 Å². The number of nitrogens with two attached hydrogens (primary N) is 1. The summed E-state index contributed by atoms with van der Waals surface area (Å²) in [4.78, 5) is 12.2. The maximum atomic E-state index is 14.6. The van der Waals surface area contributed by atoms with Crippen LogP contribution in [0.4, 0.5) is 10.3 Å². The van der Waals surface area contributed by atoms with Crippen LogP contribution in [0.3, 0.4) is 0 Å². The van der Waals surface area contributed by atoms with Gasteiger partial charge in [-0.05, 0) is 69.9 Å². The van der Waals surface area contributed by atoms with Gasteiger partial charge in [0.1, 0.15) is 11.3 Å². The fourth-order valence-corrected chi connectivity index (χ4v) is 3.88. The van der Waals surface area contributed by atoms with Gasteiger partial charge in [-0.3, -0.25) is 4.57 Å². The van der Waals surface area contributed by atoms with Crippen molar-refractivity contribution in [3.8, 4) is 17.7 Å². The molecule has 8 heteroatoms. The van der Waals surface area contributed by atoms with Gasteiger partial charge in [-0.1, -0.05) is 5.92 Å². The molecule has 0 radical (unpaired) electrons. The van der Waals surface area contributed by atoms with Crippen molar-refractivity contribution >= 4 is 16.9 Å². The molecule has 1 aliphatic carbocycles. The molecule has 1 saturated carbocycles. The van der Waals surface area contributed by atoms with Gasteiger partial charge in [-0.25, -0.2) is 14.4 Å². The Kier molecular flexibility index (Phi) is 5.42. The molecule has 1 fully saturated rings. The van der Waals surface area contributed by atoms with E-state index in [0.29, 0.717) is 36.9 Å². The minimum absolute atomic E-state index is 0.0335. The summed E-state index contributed by atoms with van der Waals surface area (Å²) in [5.41, 5.74) is 5.93. The minimum Gasteiger partial charge on any atom is -0.390 e. The largest absolute Gasteiger partial charge is 0.390 e. The fourth-order valence-electron chi connectivity index (χ4n) is 3.88. The van der Waals surface area contributed by atoms with Gasteiger partial charge in [0, 0.05) is 17.8 Å². The maximum Gasteiger partial charge on any atom is 0.222 e. The zero-order valence-corrected chi connectivity index (χ0v) is 17.7. The van der Waals surface area contributed by atoms with Gasteiger partial charge in [0.15, 0.2) is 11.6 Å². The number of rotatable bonds is 4. The normalized spacial score (nSPS) is 15.8. The molecule has 3 heterocycles. The molecule has 1 aliphatic rings. The number of hydrogen-bond acceptors (Lipinski definition) is 6. The number of aromatic nitrogens is 4. The lowest BCUT2D eigenvalue weighted by molar-refractivity contribution is 0.0715. The number of hydrogen-bond donors (Lipinski definition) is 3. The van der Waals surface area contributed by atoms with Crippen LogP contribution in [0.2, 0.25) is 0 Å². The average Bonchev–Trinajstić information content (AvgIpc) is 3.30. The molecule has 0 saturated heterocycles. The Labute approximate surface area is 180 Å². The van der Waals surface area contributed by atoms with Crippen LogP contribution in [0.5, 0.6) is 0 Å². The molecule has 0 aromatic carbocycles. The Morgan fingerprint density at radius 1 is 1.26 bits per heavy atom. The van der Waals surface area contributed by atoms with E-state index < -0.39 is 17.0 Å². The maximum absolute atomic E-state index is 14.6. The smallest absolute Gasteiger partial charge is 0.222 e. The number of nitrogen functional groups attached to an aromatic ring is 1. The van der Waals surface area contributed by atoms with Crippen LogP contribution in [-0.4, -0.2) is 40.9 Å². The van der Waals surface area contributed by atoms with Gasteiger partial charge in [0.05, 0.1) is 17.3 Å². The van der Waals surface area contributed by atoms with E-state index in [-0.39, 0.29) is 11.8 Å². The predicted octanol–water partition coefficient (Wildman–Crippen LogP) is 2.90. The fraction of sp³-hybridized carbons (Fsp3) is 0.435. The van der Waals surface area contributed by atoms with Crippen LogP contribution < -0.4 is 5.73 Å². The van der Waals surface area contributed by atoms with Crippen molar-refractivity contribution in [1.29, 1.82) is 0 Å². The van der Waals surface area contributed by atoms with E-state index in [2.05, 4.69) is 26.8 Å². The molecule has 0 aliphatic heterocycles. The van der Waals surface area contributed by atoms with Crippen molar-refractivity contribution in [3.05, 3.63) is 41.7 Å². The van der Waals surface area contributed by atoms with Gasteiger partial charge in [0.2, 0.25) is 5.95 Å². The first kappa shape index (κ1) is 21.2. The highest BCUT2D eigenvalue weighted by Gasteiger charge is 2.28. The first-order chi connectivity index (χ1) is 14.6. The molecule has 7 nitrogen and oxygen atoms in total. The van der Waals surface area contributed by atoms with Crippen molar-refractivity contribution in [2.75, 3.05) is 5.73 Å². The van der Waals surface area contributed by atoms with Crippen molar-refractivity contribution in [3.63, 3.8) is 0 Å². The Hall–Kier alpha value is -3.02. The molecule has 0 spiro atoms. The molecule has 31 heavy (non-hydrogen) atoms. The van der Waals surface area contributed by atoms with Crippen LogP contribution >= 0.6 is 0 Å². The molecule has 4 rings (SSSR count). The van der Waals surface area contributed by atoms with E-state index in [1.165, 1.54) is 0 Å². The summed E-state index contributed by atoms with van der Waals surface area (Å²) in [6, 6.07) is 1.76.